The molecule has 218 valence electrons. The minimum Gasteiger partial charge on any atom is -0.368 e. The number of fused-ring (bicyclic) bond motifs is 2. The van der Waals surface area contributed by atoms with Gasteiger partial charge in [0.15, 0.2) is 0 Å². The van der Waals surface area contributed by atoms with Crippen LogP contribution in [0.15, 0.2) is 60.8 Å². The van der Waals surface area contributed by atoms with Crippen molar-refractivity contribution in [1.29, 1.82) is 0 Å². The van der Waals surface area contributed by atoms with Gasteiger partial charge in [0, 0.05) is 37.3 Å². The SMILES string of the molecule is Cl.Cl.Cl.O=C(Nc1ccc2cn[nH]c2c1)c1cc2[nH]c(Nc3ccccc3C(F)(F)F)nc2cc1N1CCNCC1. The summed E-state index contributed by atoms with van der Waals surface area (Å²) in [6.07, 6.45) is -2.82. The van der Waals surface area contributed by atoms with Crippen molar-refractivity contribution in [2.75, 3.05) is 41.7 Å². The van der Waals surface area contributed by atoms with Gasteiger partial charge in [0.2, 0.25) is 5.95 Å². The zero-order valence-electron chi connectivity index (χ0n) is 21.2. The van der Waals surface area contributed by atoms with Crippen LogP contribution in [0, 0.1) is 0 Å². The maximum absolute atomic E-state index is 13.5. The molecule has 0 unspecified atom stereocenters. The van der Waals surface area contributed by atoms with Crippen LogP contribution in [0.2, 0.25) is 0 Å². The molecule has 5 N–H and O–H groups in total. The van der Waals surface area contributed by atoms with Crippen molar-refractivity contribution in [3.05, 3.63) is 71.9 Å². The van der Waals surface area contributed by atoms with Gasteiger partial charge in [-0.1, -0.05) is 12.1 Å². The lowest BCUT2D eigenvalue weighted by Gasteiger charge is -2.30. The monoisotopic (exact) mass is 628 g/mol. The van der Waals surface area contributed by atoms with E-state index in [1.54, 1.807) is 30.5 Å². The second-order valence-corrected chi connectivity index (χ2v) is 9.00. The fourth-order valence-electron chi connectivity index (χ4n) is 4.63. The number of hydrogen-bond acceptors (Lipinski definition) is 6. The maximum atomic E-state index is 13.5. The number of H-pyrrole nitrogens is 2. The van der Waals surface area contributed by atoms with Crippen LogP contribution in [-0.2, 0) is 6.18 Å². The van der Waals surface area contributed by atoms with Crippen molar-refractivity contribution in [3.8, 4) is 0 Å². The lowest BCUT2D eigenvalue weighted by atomic mass is 10.1. The molecule has 1 amide bonds. The van der Waals surface area contributed by atoms with Gasteiger partial charge in [0.25, 0.3) is 5.91 Å². The van der Waals surface area contributed by atoms with E-state index < -0.39 is 11.7 Å². The number of para-hydroxylation sites is 1. The summed E-state index contributed by atoms with van der Waals surface area (Å²) in [4.78, 5) is 23.1. The third-order valence-electron chi connectivity index (χ3n) is 6.49. The third kappa shape index (κ3) is 6.62. The molecule has 1 aliphatic rings. The highest BCUT2D eigenvalue weighted by Crippen LogP contribution is 2.36. The predicted octanol–water partition coefficient (Wildman–Crippen LogP) is 6.13. The molecule has 0 aliphatic carbocycles. The van der Waals surface area contributed by atoms with Gasteiger partial charge in [-0.3, -0.25) is 9.89 Å². The van der Waals surface area contributed by atoms with E-state index in [2.05, 4.69) is 41.0 Å². The van der Waals surface area contributed by atoms with E-state index in [0.717, 1.165) is 30.1 Å². The minimum absolute atomic E-state index is 0. The molecule has 2 aromatic heterocycles. The van der Waals surface area contributed by atoms with Crippen LogP contribution in [0.4, 0.5) is 36.2 Å². The quantitative estimate of drug-likeness (QED) is 0.160. The van der Waals surface area contributed by atoms with Gasteiger partial charge in [0.1, 0.15) is 0 Å². The maximum Gasteiger partial charge on any atom is 0.418 e. The second-order valence-electron chi connectivity index (χ2n) is 9.00. The Hall–Kier alpha value is -3.71. The minimum atomic E-state index is -4.52. The first-order valence-electron chi connectivity index (χ1n) is 12.0. The number of carbonyl (C=O) groups excluding carboxylic acids is 1. The summed E-state index contributed by atoms with van der Waals surface area (Å²) in [5.74, 6) is -0.170. The van der Waals surface area contributed by atoms with Crippen molar-refractivity contribution in [3.63, 3.8) is 0 Å². The molecular formula is C26H26Cl3F3N8O. The van der Waals surface area contributed by atoms with Crippen molar-refractivity contribution in [2.24, 2.45) is 0 Å². The molecule has 1 fully saturated rings. The summed E-state index contributed by atoms with van der Waals surface area (Å²) in [5.41, 5.74) is 2.66. The first-order valence-corrected chi connectivity index (χ1v) is 12.0. The number of rotatable bonds is 5. The van der Waals surface area contributed by atoms with E-state index in [4.69, 9.17) is 0 Å². The van der Waals surface area contributed by atoms with E-state index in [9.17, 15) is 18.0 Å². The molecule has 0 bridgehead atoms. The normalized spacial score (nSPS) is 13.2. The molecule has 5 aromatic rings. The Morgan fingerprint density at radius 2 is 1.71 bits per heavy atom. The zero-order valence-corrected chi connectivity index (χ0v) is 23.7. The summed E-state index contributed by atoms with van der Waals surface area (Å²) in [6, 6.07) is 14.2. The van der Waals surface area contributed by atoms with Crippen molar-refractivity contribution >= 4 is 88.1 Å². The standard InChI is InChI=1S/C26H23F3N8O.3ClH/c27-26(28,29)18-3-1-2-4-19(18)33-25-34-21-12-17(23(13-22(21)35-25)37-9-7-30-8-10-37)24(38)32-16-6-5-15-14-31-36-20(15)11-16;;;/h1-6,11-14,30H,7-10H2,(H,31,36)(H,32,38)(H2,33,34,35);3*1H. The number of alkyl halides is 3. The van der Waals surface area contributed by atoms with Crippen LogP contribution in [0.25, 0.3) is 21.9 Å². The number of carbonyl (C=O) groups is 1. The highest BCUT2D eigenvalue weighted by atomic mass is 35.5. The first kappa shape index (κ1) is 31.8. The van der Waals surface area contributed by atoms with E-state index >= 15 is 0 Å². The number of imidazole rings is 1. The van der Waals surface area contributed by atoms with Crippen molar-refractivity contribution in [1.82, 2.24) is 25.5 Å². The van der Waals surface area contributed by atoms with Crippen molar-refractivity contribution in [2.45, 2.75) is 6.18 Å². The molecule has 41 heavy (non-hydrogen) atoms. The van der Waals surface area contributed by atoms with Gasteiger partial charge in [-0.25, -0.2) is 4.98 Å². The van der Waals surface area contributed by atoms with Crippen LogP contribution in [-0.4, -0.2) is 52.3 Å². The van der Waals surface area contributed by atoms with E-state index in [0.29, 0.717) is 41.1 Å². The predicted molar refractivity (Wildman–Crippen MR) is 162 cm³/mol. The molecule has 1 aliphatic heterocycles. The number of nitrogens with one attached hydrogen (secondary N) is 5. The summed E-state index contributed by atoms with van der Waals surface area (Å²) < 4.78 is 40.4. The molecule has 3 aromatic carbocycles. The summed E-state index contributed by atoms with van der Waals surface area (Å²) in [5, 5.41) is 16.8. The number of aromatic nitrogens is 4. The van der Waals surface area contributed by atoms with Crippen LogP contribution < -0.4 is 20.9 Å². The Bertz CT molecular complexity index is 1650. The Labute approximate surface area is 250 Å². The topological polar surface area (TPSA) is 114 Å². The Kier molecular flexibility index (Phi) is 9.98. The van der Waals surface area contributed by atoms with Gasteiger partial charge < -0.3 is 25.8 Å². The van der Waals surface area contributed by atoms with E-state index in [-0.39, 0.29) is 54.8 Å². The summed E-state index contributed by atoms with van der Waals surface area (Å²) in [7, 11) is 0. The average Bonchev–Trinajstić information content (AvgIpc) is 3.53. The smallest absolute Gasteiger partial charge is 0.368 e. The first-order chi connectivity index (χ1) is 18.3. The number of halogens is 6. The van der Waals surface area contributed by atoms with Crippen molar-refractivity contribution < 1.29 is 18.0 Å². The Morgan fingerprint density at radius 1 is 0.951 bits per heavy atom. The molecule has 15 heteroatoms. The molecule has 9 nitrogen and oxygen atoms in total. The number of aromatic amines is 2. The van der Waals surface area contributed by atoms with Gasteiger partial charge in [-0.15, -0.1) is 37.2 Å². The number of amides is 1. The molecule has 0 atom stereocenters. The lowest BCUT2D eigenvalue weighted by molar-refractivity contribution is -0.136. The lowest BCUT2D eigenvalue weighted by Crippen LogP contribution is -2.44. The zero-order chi connectivity index (χ0) is 26.3. The van der Waals surface area contributed by atoms with Gasteiger partial charge in [-0.05, 0) is 42.5 Å². The summed E-state index contributed by atoms with van der Waals surface area (Å²) >= 11 is 0. The van der Waals surface area contributed by atoms with Crippen LogP contribution in [0.3, 0.4) is 0 Å². The van der Waals surface area contributed by atoms with Crippen LogP contribution >= 0.6 is 37.2 Å². The number of piperazine rings is 1. The Morgan fingerprint density at radius 3 is 2.46 bits per heavy atom. The fraction of sp³-hybridized carbons (Fsp3) is 0.192. The van der Waals surface area contributed by atoms with Gasteiger partial charge in [-0.2, -0.15) is 18.3 Å². The second kappa shape index (κ2) is 12.9. The largest absolute Gasteiger partial charge is 0.418 e. The van der Waals surface area contributed by atoms with Gasteiger partial charge in [0.05, 0.1) is 45.2 Å². The molecule has 6 rings (SSSR count). The number of hydrogen-bond donors (Lipinski definition) is 5. The number of nitrogens with zero attached hydrogens (tertiary/aromatic N) is 3. The Balaban J connectivity index is 0.00000154. The highest BCUT2D eigenvalue weighted by molar-refractivity contribution is 6.11. The molecular weight excluding hydrogens is 604 g/mol. The molecule has 1 saturated heterocycles. The molecule has 0 spiro atoms. The molecule has 3 heterocycles. The fourth-order valence-corrected chi connectivity index (χ4v) is 4.63. The van der Waals surface area contributed by atoms with E-state index in [1.807, 2.05) is 6.07 Å². The number of benzene rings is 3. The number of anilines is 4. The third-order valence-corrected chi connectivity index (χ3v) is 6.49. The van der Waals surface area contributed by atoms with Crippen LogP contribution in [0.5, 0.6) is 0 Å². The summed E-state index contributed by atoms with van der Waals surface area (Å²) in [6.45, 7) is 2.91. The van der Waals surface area contributed by atoms with Gasteiger partial charge >= 0.3 is 6.18 Å². The highest BCUT2D eigenvalue weighted by Gasteiger charge is 2.33. The molecule has 0 saturated carbocycles. The molecule has 0 radical (unpaired) electrons. The average molecular weight is 630 g/mol. The van der Waals surface area contributed by atoms with Crippen LogP contribution in [0.1, 0.15) is 15.9 Å². The van der Waals surface area contributed by atoms with E-state index in [1.165, 1.54) is 18.2 Å².